The van der Waals surface area contributed by atoms with Crippen LogP contribution < -0.4 is 10.0 Å². The first-order valence-corrected chi connectivity index (χ1v) is 11.0. The van der Waals surface area contributed by atoms with Gasteiger partial charge >= 0.3 is 0 Å². The van der Waals surface area contributed by atoms with Crippen LogP contribution in [0.5, 0.6) is 0 Å². The summed E-state index contributed by atoms with van der Waals surface area (Å²) in [4.78, 5) is 12.7. The average Bonchev–Trinajstić information content (AvgIpc) is 3.38. The van der Waals surface area contributed by atoms with E-state index in [1.807, 2.05) is 6.07 Å². The second kappa shape index (κ2) is 7.71. The second-order valence-corrected chi connectivity index (χ2v) is 8.80. The number of anilines is 2. The Morgan fingerprint density at radius 3 is 2.66 bits per heavy atom. The Morgan fingerprint density at radius 2 is 1.86 bits per heavy atom. The highest BCUT2D eigenvalue weighted by Gasteiger charge is 2.19. The molecule has 4 rings (SSSR count). The lowest BCUT2D eigenvalue weighted by atomic mass is 10.1. The quantitative estimate of drug-likeness (QED) is 0.652. The Kier molecular flexibility index (Phi) is 5.10. The van der Waals surface area contributed by atoms with Gasteiger partial charge in [0.1, 0.15) is 6.04 Å². The summed E-state index contributed by atoms with van der Waals surface area (Å²) in [6.07, 6.45) is 6.30. The molecule has 1 unspecified atom stereocenters. The fraction of sp³-hybridized carbons (Fsp3) is 0.238. The maximum absolute atomic E-state index is 12.8. The maximum Gasteiger partial charge on any atom is 0.261 e. The lowest BCUT2D eigenvalue weighted by Gasteiger charge is -2.14. The molecular weight excluding hydrogens is 388 g/mol. The minimum Gasteiger partial charge on any atom is -0.324 e. The fourth-order valence-electron chi connectivity index (χ4n) is 3.47. The first-order chi connectivity index (χ1) is 13.9. The number of sulfonamides is 1. The van der Waals surface area contributed by atoms with Crippen LogP contribution >= 0.6 is 0 Å². The number of hydrogen-bond donors (Lipinski definition) is 2. The molecule has 1 amide bonds. The molecule has 0 saturated heterocycles. The van der Waals surface area contributed by atoms with Gasteiger partial charge in [-0.1, -0.05) is 12.1 Å². The predicted octanol–water partition coefficient (Wildman–Crippen LogP) is 3.37. The van der Waals surface area contributed by atoms with Gasteiger partial charge in [-0.25, -0.2) is 8.42 Å². The molecule has 0 saturated carbocycles. The van der Waals surface area contributed by atoms with Gasteiger partial charge < -0.3 is 5.32 Å². The molecule has 3 aromatic rings. The van der Waals surface area contributed by atoms with Crippen molar-refractivity contribution in [2.75, 3.05) is 10.0 Å². The summed E-state index contributed by atoms with van der Waals surface area (Å²) in [6.45, 7) is 1.74. The molecule has 150 valence electrons. The summed E-state index contributed by atoms with van der Waals surface area (Å²) < 4.78 is 29.7. The van der Waals surface area contributed by atoms with Crippen LogP contribution in [-0.4, -0.2) is 24.1 Å². The van der Waals surface area contributed by atoms with Gasteiger partial charge in [0.15, 0.2) is 0 Å². The first-order valence-electron chi connectivity index (χ1n) is 9.47. The Morgan fingerprint density at radius 1 is 1.07 bits per heavy atom. The molecule has 1 heterocycles. The Balaban J connectivity index is 1.49. The summed E-state index contributed by atoms with van der Waals surface area (Å²) in [6, 6.07) is 13.2. The van der Waals surface area contributed by atoms with Gasteiger partial charge in [0.05, 0.1) is 10.6 Å². The molecule has 1 aliphatic rings. The van der Waals surface area contributed by atoms with E-state index in [9.17, 15) is 13.2 Å². The molecule has 1 atom stereocenters. The first kappa shape index (κ1) is 19.2. The number of fused-ring (bicyclic) bond motifs is 1. The molecule has 2 N–H and O–H groups in total. The van der Waals surface area contributed by atoms with E-state index in [2.05, 4.69) is 15.1 Å². The van der Waals surface area contributed by atoms with Gasteiger partial charge in [0.2, 0.25) is 5.91 Å². The van der Waals surface area contributed by atoms with Crippen LogP contribution in [0.3, 0.4) is 0 Å². The summed E-state index contributed by atoms with van der Waals surface area (Å²) in [5.74, 6) is -0.243. The highest BCUT2D eigenvalue weighted by molar-refractivity contribution is 7.92. The normalized spacial score (nSPS) is 14.2. The molecule has 29 heavy (non-hydrogen) atoms. The fourth-order valence-corrected chi connectivity index (χ4v) is 4.57. The van der Waals surface area contributed by atoms with Crippen molar-refractivity contribution >= 4 is 27.3 Å². The van der Waals surface area contributed by atoms with E-state index < -0.39 is 16.1 Å². The van der Waals surface area contributed by atoms with Gasteiger partial charge in [0, 0.05) is 18.1 Å². The number of benzene rings is 2. The van der Waals surface area contributed by atoms with E-state index in [1.165, 1.54) is 5.56 Å². The third-order valence-electron chi connectivity index (χ3n) is 5.06. The van der Waals surface area contributed by atoms with Crippen molar-refractivity contribution in [1.82, 2.24) is 9.78 Å². The average molecular weight is 410 g/mol. The number of aryl methyl sites for hydroxylation is 2. The van der Waals surface area contributed by atoms with E-state index in [-0.39, 0.29) is 10.8 Å². The van der Waals surface area contributed by atoms with Crippen LogP contribution in [0.25, 0.3) is 0 Å². The number of nitrogens with one attached hydrogen (secondary N) is 2. The molecular formula is C21H22N4O3S. The van der Waals surface area contributed by atoms with Crippen molar-refractivity contribution in [3.63, 3.8) is 0 Å². The summed E-state index contributed by atoms with van der Waals surface area (Å²) >= 11 is 0. The van der Waals surface area contributed by atoms with Crippen LogP contribution in [0.15, 0.2) is 65.8 Å². The van der Waals surface area contributed by atoms with E-state index in [0.29, 0.717) is 11.4 Å². The van der Waals surface area contributed by atoms with Crippen molar-refractivity contribution in [3.05, 3.63) is 72.1 Å². The standard InChI is InChI=1S/C21H22N4O3S/c1-15(25-12-4-11-22-25)21(26)23-18-7-3-8-19(14-18)24-29(27,28)20-10-9-16-5-2-6-17(16)13-20/h3-4,7-15,24H,2,5-6H2,1H3,(H,23,26). The lowest BCUT2D eigenvalue weighted by molar-refractivity contribution is -0.119. The minimum absolute atomic E-state index is 0.243. The number of carbonyl (C=O) groups excluding carboxylic acids is 1. The van der Waals surface area contributed by atoms with E-state index in [4.69, 9.17) is 0 Å². The molecule has 0 bridgehead atoms. The van der Waals surface area contributed by atoms with E-state index in [1.54, 1.807) is 66.5 Å². The molecule has 0 fully saturated rings. The Labute approximate surface area is 169 Å². The zero-order valence-corrected chi connectivity index (χ0v) is 16.8. The number of hydrogen-bond acceptors (Lipinski definition) is 4. The molecule has 2 aromatic carbocycles. The van der Waals surface area contributed by atoms with E-state index >= 15 is 0 Å². The van der Waals surface area contributed by atoms with Crippen molar-refractivity contribution in [3.8, 4) is 0 Å². The zero-order valence-electron chi connectivity index (χ0n) is 16.0. The summed E-state index contributed by atoms with van der Waals surface area (Å²) in [5, 5.41) is 6.86. The Hall–Kier alpha value is -3.13. The number of rotatable bonds is 6. The SMILES string of the molecule is CC(C(=O)Nc1cccc(NS(=O)(=O)c2ccc3c(c2)CCC3)c1)n1cccn1. The smallest absolute Gasteiger partial charge is 0.261 e. The van der Waals surface area contributed by atoms with Gasteiger partial charge in [-0.2, -0.15) is 5.10 Å². The molecule has 1 aliphatic carbocycles. The van der Waals surface area contributed by atoms with Gasteiger partial charge in [-0.05, 0) is 73.7 Å². The molecule has 7 nitrogen and oxygen atoms in total. The van der Waals surface area contributed by atoms with Crippen molar-refractivity contribution in [2.45, 2.75) is 37.1 Å². The van der Waals surface area contributed by atoms with E-state index in [0.717, 1.165) is 24.8 Å². The topological polar surface area (TPSA) is 93.1 Å². The highest BCUT2D eigenvalue weighted by atomic mass is 32.2. The van der Waals surface area contributed by atoms with Crippen LogP contribution in [0.2, 0.25) is 0 Å². The van der Waals surface area contributed by atoms with Gasteiger partial charge in [-0.3, -0.25) is 14.2 Å². The van der Waals surface area contributed by atoms with Crippen LogP contribution in [0, 0.1) is 0 Å². The molecule has 0 radical (unpaired) electrons. The largest absolute Gasteiger partial charge is 0.324 e. The van der Waals surface area contributed by atoms with Crippen LogP contribution in [0.1, 0.15) is 30.5 Å². The third-order valence-corrected chi connectivity index (χ3v) is 6.44. The summed E-state index contributed by atoms with van der Waals surface area (Å²) in [7, 11) is -3.71. The Bertz CT molecular complexity index is 1140. The number of carbonyl (C=O) groups is 1. The maximum atomic E-state index is 12.8. The van der Waals surface area contributed by atoms with Crippen LogP contribution in [-0.2, 0) is 27.7 Å². The molecule has 1 aromatic heterocycles. The minimum atomic E-state index is -3.71. The van der Waals surface area contributed by atoms with Crippen molar-refractivity contribution in [1.29, 1.82) is 0 Å². The molecule has 0 aliphatic heterocycles. The molecule has 8 heteroatoms. The van der Waals surface area contributed by atoms with Gasteiger partial charge in [0.25, 0.3) is 10.0 Å². The third kappa shape index (κ3) is 4.17. The van der Waals surface area contributed by atoms with Crippen LogP contribution in [0.4, 0.5) is 11.4 Å². The van der Waals surface area contributed by atoms with Gasteiger partial charge in [-0.15, -0.1) is 0 Å². The molecule has 0 spiro atoms. The van der Waals surface area contributed by atoms with Crippen molar-refractivity contribution in [2.24, 2.45) is 0 Å². The monoisotopic (exact) mass is 410 g/mol. The highest BCUT2D eigenvalue weighted by Crippen LogP contribution is 2.26. The predicted molar refractivity (Wildman–Crippen MR) is 111 cm³/mol. The second-order valence-electron chi connectivity index (χ2n) is 7.12. The lowest BCUT2D eigenvalue weighted by Crippen LogP contribution is -2.24. The van der Waals surface area contributed by atoms with Crippen molar-refractivity contribution < 1.29 is 13.2 Å². The number of nitrogens with zero attached hydrogens (tertiary/aromatic N) is 2. The number of amides is 1. The zero-order chi connectivity index (χ0) is 20.4. The number of aromatic nitrogens is 2. The summed E-state index contributed by atoms with van der Waals surface area (Å²) in [5.41, 5.74) is 3.21.